The lowest BCUT2D eigenvalue weighted by molar-refractivity contribution is 0.102. The predicted molar refractivity (Wildman–Crippen MR) is 99.8 cm³/mol. The van der Waals surface area contributed by atoms with Crippen molar-refractivity contribution < 1.29 is 9.53 Å². The van der Waals surface area contributed by atoms with Crippen LogP contribution in [0.3, 0.4) is 0 Å². The largest absolute Gasteiger partial charge is 0.495 e. The summed E-state index contributed by atoms with van der Waals surface area (Å²) in [6.07, 6.45) is 1.36. The van der Waals surface area contributed by atoms with Gasteiger partial charge in [0.25, 0.3) is 5.91 Å². The van der Waals surface area contributed by atoms with E-state index in [9.17, 15) is 4.79 Å². The fourth-order valence-electron chi connectivity index (χ4n) is 2.10. The molecule has 0 unspecified atom stereocenters. The number of rotatable bonds is 7. The van der Waals surface area contributed by atoms with Crippen molar-refractivity contribution in [3.63, 3.8) is 0 Å². The average Bonchev–Trinajstić information content (AvgIpc) is 2.57. The molecule has 0 saturated carbocycles. The van der Waals surface area contributed by atoms with Crippen molar-refractivity contribution in [2.45, 2.75) is 6.92 Å². The van der Waals surface area contributed by atoms with Gasteiger partial charge in [0.1, 0.15) is 23.6 Å². The summed E-state index contributed by atoms with van der Waals surface area (Å²) in [5, 5.41) is 6.53. The smallest absolute Gasteiger partial charge is 0.274 e. The molecule has 0 aliphatic heterocycles. The first-order valence-electron chi connectivity index (χ1n) is 7.77. The number of amides is 1. The molecule has 1 amide bonds. The minimum atomic E-state index is -0.349. The highest BCUT2D eigenvalue weighted by molar-refractivity contribution is 6.31. The molecule has 0 atom stereocenters. The molecule has 7 nitrogen and oxygen atoms in total. The molecule has 0 saturated heterocycles. The Labute approximate surface area is 152 Å². The van der Waals surface area contributed by atoms with Gasteiger partial charge in [0.2, 0.25) is 0 Å². The maximum absolute atomic E-state index is 12.5. The van der Waals surface area contributed by atoms with E-state index in [-0.39, 0.29) is 11.6 Å². The van der Waals surface area contributed by atoms with Gasteiger partial charge in [-0.05, 0) is 32.6 Å². The quantitative estimate of drug-likeness (QED) is 0.787. The average molecular weight is 364 g/mol. The van der Waals surface area contributed by atoms with Crippen LogP contribution in [0.2, 0.25) is 5.02 Å². The van der Waals surface area contributed by atoms with Crippen molar-refractivity contribution in [2.75, 3.05) is 44.9 Å². The van der Waals surface area contributed by atoms with Gasteiger partial charge in [-0.1, -0.05) is 11.6 Å². The lowest BCUT2D eigenvalue weighted by Gasteiger charge is -2.13. The molecule has 1 aromatic carbocycles. The number of halogens is 1. The number of ether oxygens (including phenoxy) is 1. The van der Waals surface area contributed by atoms with E-state index in [1.807, 2.05) is 21.0 Å². The first-order valence-corrected chi connectivity index (χ1v) is 8.14. The van der Waals surface area contributed by atoms with Crippen LogP contribution < -0.4 is 15.4 Å². The summed E-state index contributed by atoms with van der Waals surface area (Å²) < 4.78 is 5.27. The third-order valence-corrected chi connectivity index (χ3v) is 3.90. The normalized spacial score (nSPS) is 10.6. The Bertz CT molecular complexity index is 752. The molecular weight excluding hydrogens is 342 g/mol. The summed E-state index contributed by atoms with van der Waals surface area (Å²) in [4.78, 5) is 22.7. The Hall–Kier alpha value is -2.38. The topological polar surface area (TPSA) is 79.4 Å². The first kappa shape index (κ1) is 19.0. The van der Waals surface area contributed by atoms with E-state index >= 15 is 0 Å². The summed E-state index contributed by atoms with van der Waals surface area (Å²) in [6, 6.07) is 5.04. The highest BCUT2D eigenvalue weighted by atomic mass is 35.5. The summed E-state index contributed by atoms with van der Waals surface area (Å²) in [5.74, 6) is 0.738. The molecule has 1 aromatic heterocycles. The number of hydrogen-bond acceptors (Lipinski definition) is 6. The van der Waals surface area contributed by atoms with Gasteiger partial charge in [-0.3, -0.25) is 4.79 Å². The van der Waals surface area contributed by atoms with E-state index in [4.69, 9.17) is 16.3 Å². The molecule has 134 valence electrons. The second-order valence-electron chi connectivity index (χ2n) is 5.77. The molecule has 0 aliphatic carbocycles. The van der Waals surface area contributed by atoms with Crippen LogP contribution in [0, 0.1) is 6.92 Å². The van der Waals surface area contributed by atoms with Crippen LogP contribution in [-0.4, -0.2) is 55.1 Å². The number of anilines is 2. The van der Waals surface area contributed by atoms with Crippen LogP contribution in [0.15, 0.2) is 24.5 Å². The van der Waals surface area contributed by atoms with Crippen LogP contribution in [0.5, 0.6) is 5.75 Å². The minimum absolute atomic E-state index is 0.261. The van der Waals surface area contributed by atoms with E-state index in [0.717, 1.165) is 18.7 Å². The van der Waals surface area contributed by atoms with Crippen LogP contribution in [0.4, 0.5) is 11.5 Å². The fraction of sp³-hybridized carbons (Fsp3) is 0.353. The van der Waals surface area contributed by atoms with Gasteiger partial charge < -0.3 is 20.3 Å². The molecular formula is C17H22ClN5O2. The zero-order valence-corrected chi connectivity index (χ0v) is 15.5. The third-order valence-electron chi connectivity index (χ3n) is 3.49. The lowest BCUT2D eigenvalue weighted by Crippen LogP contribution is -2.21. The van der Waals surface area contributed by atoms with Crippen molar-refractivity contribution in [2.24, 2.45) is 0 Å². The standard InChI is InChI=1S/C17H22ClN5O2/c1-11-7-13(15(25-4)8-12(11)18)22-17(24)14-9-16(21-10-20-14)19-5-6-23(2)3/h7-10H,5-6H2,1-4H3,(H,22,24)(H,19,20,21). The Morgan fingerprint density at radius 1 is 1.28 bits per heavy atom. The van der Waals surface area contributed by atoms with E-state index < -0.39 is 0 Å². The molecule has 1 heterocycles. The number of carbonyl (C=O) groups excluding carboxylic acids is 1. The molecule has 2 aromatic rings. The number of likely N-dealkylation sites (N-methyl/N-ethyl adjacent to an activating group) is 1. The number of aromatic nitrogens is 2. The molecule has 0 spiro atoms. The Balaban J connectivity index is 2.12. The van der Waals surface area contributed by atoms with Gasteiger partial charge in [0, 0.05) is 30.2 Å². The van der Waals surface area contributed by atoms with Crippen LogP contribution in [0.25, 0.3) is 0 Å². The summed E-state index contributed by atoms with van der Waals surface area (Å²) in [5.41, 5.74) is 1.64. The van der Waals surface area contributed by atoms with Crippen molar-refractivity contribution in [1.29, 1.82) is 0 Å². The number of carbonyl (C=O) groups is 1. The van der Waals surface area contributed by atoms with Crippen molar-refractivity contribution >= 4 is 29.0 Å². The van der Waals surface area contributed by atoms with E-state index in [2.05, 4.69) is 25.5 Å². The van der Waals surface area contributed by atoms with E-state index in [1.165, 1.54) is 13.4 Å². The highest BCUT2D eigenvalue weighted by Gasteiger charge is 2.13. The summed E-state index contributed by atoms with van der Waals surface area (Å²) >= 11 is 6.08. The van der Waals surface area contributed by atoms with Gasteiger partial charge in [-0.25, -0.2) is 9.97 Å². The molecule has 0 bridgehead atoms. The molecule has 25 heavy (non-hydrogen) atoms. The zero-order chi connectivity index (χ0) is 18.4. The third kappa shape index (κ3) is 5.30. The van der Waals surface area contributed by atoms with Crippen molar-refractivity contribution in [3.8, 4) is 5.75 Å². The molecule has 0 fully saturated rings. The maximum Gasteiger partial charge on any atom is 0.274 e. The number of hydrogen-bond donors (Lipinski definition) is 2. The molecule has 8 heteroatoms. The molecule has 0 radical (unpaired) electrons. The monoisotopic (exact) mass is 363 g/mol. The number of nitrogens with zero attached hydrogens (tertiary/aromatic N) is 3. The molecule has 2 rings (SSSR count). The lowest BCUT2D eigenvalue weighted by atomic mass is 10.2. The Kier molecular flexibility index (Phi) is 6.55. The second-order valence-corrected chi connectivity index (χ2v) is 6.18. The Morgan fingerprint density at radius 3 is 2.72 bits per heavy atom. The van der Waals surface area contributed by atoms with Crippen LogP contribution in [-0.2, 0) is 0 Å². The number of nitrogens with one attached hydrogen (secondary N) is 2. The maximum atomic E-state index is 12.5. The number of benzene rings is 1. The van der Waals surface area contributed by atoms with Crippen LogP contribution >= 0.6 is 11.6 Å². The van der Waals surface area contributed by atoms with Crippen molar-refractivity contribution in [3.05, 3.63) is 40.8 Å². The van der Waals surface area contributed by atoms with Crippen LogP contribution in [0.1, 0.15) is 16.1 Å². The van der Waals surface area contributed by atoms with Gasteiger partial charge in [-0.2, -0.15) is 0 Å². The van der Waals surface area contributed by atoms with Gasteiger partial charge in [0.15, 0.2) is 0 Å². The SMILES string of the molecule is COc1cc(Cl)c(C)cc1NC(=O)c1cc(NCCN(C)C)ncn1. The van der Waals surface area contributed by atoms with E-state index in [0.29, 0.717) is 22.3 Å². The Morgan fingerprint density at radius 2 is 2.04 bits per heavy atom. The molecule has 2 N–H and O–H groups in total. The van der Waals surface area contributed by atoms with Gasteiger partial charge in [-0.15, -0.1) is 0 Å². The zero-order valence-electron chi connectivity index (χ0n) is 14.8. The number of aryl methyl sites for hydroxylation is 1. The van der Waals surface area contributed by atoms with Gasteiger partial charge >= 0.3 is 0 Å². The van der Waals surface area contributed by atoms with Crippen molar-refractivity contribution in [1.82, 2.24) is 14.9 Å². The summed E-state index contributed by atoms with van der Waals surface area (Å²) in [7, 11) is 5.50. The highest BCUT2D eigenvalue weighted by Crippen LogP contribution is 2.31. The molecule has 0 aliphatic rings. The summed E-state index contributed by atoms with van der Waals surface area (Å²) in [6.45, 7) is 3.43. The predicted octanol–water partition coefficient (Wildman–Crippen LogP) is 2.67. The second kappa shape index (κ2) is 8.64. The first-order chi connectivity index (χ1) is 11.9. The fourth-order valence-corrected chi connectivity index (χ4v) is 2.26. The number of methoxy groups -OCH3 is 1. The van der Waals surface area contributed by atoms with E-state index in [1.54, 1.807) is 18.2 Å². The van der Waals surface area contributed by atoms with Gasteiger partial charge in [0.05, 0.1) is 12.8 Å². The minimum Gasteiger partial charge on any atom is -0.495 e.